The Morgan fingerprint density at radius 3 is 2.56 bits per heavy atom. The number of nitrogens with one attached hydrogen (secondary N) is 1. The molecule has 1 amide bonds. The predicted octanol–water partition coefficient (Wildman–Crippen LogP) is 3.98. The van der Waals surface area contributed by atoms with Crippen LogP contribution in [-0.2, 0) is 6.54 Å². The zero-order chi connectivity index (χ0) is 19.0. The molecule has 7 heteroatoms. The first-order chi connectivity index (χ1) is 13.0. The van der Waals surface area contributed by atoms with E-state index in [0.29, 0.717) is 11.1 Å². The van der Waals surface area contributed by atoms with E-state index in [1.165, 1.54) is 29.2 Å². The number of benzene rings is 2. The van der Waals surface area contributed by atoms with E-state index < -0.39 is 17.4 Å². The first kappa shape index (κ1) is 17.5. The van der Waals surface area contributed by atoms with Crippen LogP contribution in [0.2, 0.25) is 0 Å². The van der Waals surface area contributed by atoms with Crippen molar-refractivity contribution < 1.29 is 18.0 Å². The van der Waals surface area contributed by atoms with Crippen LogP contribution in [-0.4, -0.2) is 21.8 Å². The lowest BCUT2D eigenvalue weighted by Crippen LogP contribution is -2.38. The Kier molecular flexibility index (Phi) is 4.51. The topological polar surface area (TPSA) is 66.3 Å². The number of halogens is 2. The van der Waals surface area contributed by atoms with E-state index >= 15 is 0 Å². The van der Waals surface area contributed by atoms with E-state index in [1.54, 1.807) is 12.1 Å². The lowest BCUT2D eigenvalue weighted by molar-refractivity contribution is 0.0660. The van der Waals surface area contributed by atoms with Gasteiger partial charge in [-0.2, -0.15) is 0 Å². The van der Waals surface area contributed by atoms with E-state index in [4.69, 9.17) is 4.42 Å². The highest BCUT2D eigenvalue weighted by atomic mass is 19.1. The van der Waals surface area contributed by atoms with E-state index in [0.717, 1.165) is 25.7 Å². The summed E-state index contributed by atoms with van der Waals surface area (Å²) in [7, 11) is 0. The third kappa shape index (κ3) is 3.37. The summed E-state index contributed by atoms with van der Waals surface area (Å²) < 4.78 is 33.3. The van der Waals surface area contributed by atoms with Crippen LogP contribution < -0.4 is 5.76 Å². The fourth-order valence-corrected chi connectivity index (χ4v) is 3.68. The standard InChI is InChI=1S/C20H18F2N2O3/c21-15-6-3-7-16(22)14(15)11-24(13-4-1-2-5-13)19(25)12-8-9-17-18(10-12)27-20(26)23-17/h3,6-10,13H,1-2,4-5,11H2,(H,23,26). The van der Waals surface area contributed by atoms with Crippen LogP contribution in [0.15, 0.2) is 45.6 Å². The second-order valence-electron chi connectivity index (χ2n) is 6.80. The van der Waals surface area contributed by atoms with E-state index in [2.05, 4.69) is 4.98 Å². The predicted molar refractivity (Wildman–Crippen MR) is 95.3 cm³/mol. The zero-order valence-electron chi connectivity index (χ0n) is 14.5. The number of aromatic amines is 1. The summed E-state index contributed by atoms with van der Waals surface area (Å²) in [5.41, 5.74) is 0.958. The van der Waals surface area contributed by atoms with Crippen LogP contribution in [0.3, 0.4) is 0 Å². The summed E-state index contributed by atoms with van der Waals surface area (Å²) in [4.78, 5) is 28.5. The number of nitrogens with zero attached hydrogens (tertiary/aromatic N) is 1. The van der Waals surface area contributed by atoms with Gasteiger partial charge in [-0.05, 0) is 43.2 Å². The van der Waals surface area contributed by atoms with Gasteiger partial charge >= 0.3 is 5.76 Å². The molecule has 1 heterocycles. The molecule has 0 radical (unpaired) electrons. The Morgan fingerprint density at radius 2 is 1.85 bits per heavy atom. The SMILES string of the molecule is O=C(c1ccc2[nH]c(=O)oc2c1)N(Cc1c(F)cccc1F)C1CCCC1. The van der Waals surface area contributed by atoms with Crippen molar-refractivity contribution in [3.63, 3.8) is 0 Å². The zero-order valence-corrected chi connectivity index (χ0v) is 14.5. The van der Waals surface area contributed by atoms with Gasteiger partial charge in [0.15, 0.2) is 5.58 Å². The smallest absolute Gasteiger partial charge is 0.408 e. The molecule has 1 fully saturated rings. The van der Waals surface area contributed by atoms with E-state index in [1.807, 2.05) is 0 Å². The Bertz CT molecular complexity index is 1030. The summed E-state index contributed by atoms with van der Waals surface area (Å²) in [6, 6.07) is 8.25. The molecule has 0 unspecified atom stereocenters. The molecular formula is C20H18F2N2O3. The second-order valence-corrected chi connectivity index (χ2v) is 6.80. The minimum Gasteiger partial charge on any atom is -0.408 e. The minimum absolute atomic E-state index is 0.0783. The summed E-state index contributed by atoms with van der Waals surface area (Å²) in [6.45, 7) is -0.142. The van der Waals surface area contributed by atoms with Crippen LogP contribution in [0.5, 0.6) is 0 Å². The van der Waals surface area contributed by atoms with Crippen molar-refractivity contribution in [2.24, 2.45) is 0 Å². The number of rotatable bonds is 4. The van der Waals surface area contributed by atoms with Crippen LogP contribution in [0, 0.1) is 11.6 Å². The van der Waals surface area contributed by atoms with E-state index in [9.17, 15) is 18.4 Å². The van der Waals surface area contributed by atoms with Crippen molar-refractivity contribution in [2.45, 2.75) is 38.3 Å². The Morgan fingerprint density at radius 1 is 1.15 bits per heavy atom. The molecule has 27 heavy (non-hydrogen) atoms. The number of H-pyrrole nitrogens is 1. The molecule has 3 aromatic rings. The van der Waals surface area contributed by atoms with Crippen molar-refractivity contribution in [3.8, 4) is 0 Å². The maximum Gasteiger partial charge on any atom is 0.417 e. The molecular weight excluding hydrogens is 354 g/mol. The number of aromatic nitrogens is 1. The number of hydrogen-bond donors (Lipinski definition) is 1. The lowest BCUT2D eigenvalue weighted by atomic mass is 10.1. The normalized spacial score (nSPS) is 14.7. The summed E-state index contributed by atoms with van der Waals surface area (Å²) in [6.07, 6.45) is 3.53. The van der Waals surface area contributed by atoms with Crippen LogP contribution in [0.4, 0.5) is 8.78 Å². The molecule has 0 saturated heterocycles. The van der Waals surface area contributed by atoms with Crippen LogP contribution in [0.25, 0.3) is 11.1 Å². The fourth-order valence-electron chi connectivity index (χ4n) is 3.68. The highest BCUT2D eigenvalue weighted by molar-refractivity contribution is 5.97. The molecule has 1 aliphatic carbocycles. The molecule has 0 atom stereocenters. The number of fused-ring (bicyclic) bond motifs is 1. The number of carbonyl (C=O) groups excluding carboxylic acids is 1. The summed E-state index contributed by atoms with van der Waals surface area (Å²) >= 11 is 0. The van der Waals surface area contributed by atoms with Gasteiger partial charge in [0.05, 0.1) is 12.1 Å². The molecule has 0 aliphatic heterocycles. The molecule has 5 nitrogen and oxygen atoms in total. The van der Waals surface area contributed by atoms with Gasteiger partial charge in [0, 0.05) is 17.2 Å². The summed E-state index contributed by atoms with van der Waals surface area (Å²) in [5, 5.41) is 0. The van der Waals surface area contributed by atoms with Crippen LogP contribution in [0.1, 0.15) is 41.6 Å². The first-order valence-electron chi connectivity index (χ1n) is 8.89. The summed E-state index contributed by atoms with van der Waals surface area (Å²) in [5.74, 6) is -2.28. The third-order valence-corrected chi connectivity index (χ3v) is 5.08. The highest BCUT2D eigenvalue weighted by Gasteiger charge is 2.29. The fraction of sp³-hybridized carbons (Fsp3) is 0.300. The largest absolute Gasteiger partial charge is 0.417 e. The van der Waals surface area contributed by atoms with Gasteiger partial charge in [0.25, 0.3) is 5.91 Å². The van der Waals surface area contributed by atoms with Gasteiger partial charge in [-0.25, -0.2) is 13.6 Å². The maximum absolute atomic E-state index is 14.1. The monoisotopic (exact) mass is 372 g/mol. The average Bonchev–Trinajstić information content (AvgIpc) is 3.29. The van der Waals surface area contributed by atoms with Gasteiger partial charge in [-0.1, -0.05) is 18.9 Å². The van der Waals surface area contributed by atoms with Crippen molar-refractivity contribution >= 4 is 17.0 Å². The Hall–Kier alpha value is -2.96. The Balaban J connectivity index is 1.70. The van der Waals surface area contributed by atoms with Gasteiger partial charge in [0.2, 0.25) is 0 Å². The second kappa shape index (κ2) is 6.98. The number of carbonyl (C=O) groups is 1. The average molecular weight is 372 g/mol. The van der Waals surface area contributed by atoms with Crippen molar-refractivity contribution in [3.05, 3.63) is 69.7 Å². The van der Waals surface area contributed by atoms with Crippen molar-refractivity contribution in [2.75, 3.05) is 0 Å². The molecule has 0 bridgehead atoms. The van der Waals surface area contributed by atoms with Crippen molar-refractivity contribution in [1.82, 2.24) is 9.88 Å². The third-order valence-electron chi connectivity index (χ3n) is 5.08. The number of hydrogen-bond acceptors (Lipinski definition) is 3. The van der Waals surface area contributed by atoms with Crippen molar-refractivity contribution in [1.29, 1.82) is 0 Å². The van der Waals surface area contributed by atoms with Gasteiger partial charge in [-0.15, -0.1) is 0 Å². The quantitative estimate of drug-likeness (QED) is 0.753. The first-order valence-corrected chi connectivity index (χ1v) is 8.89. The van der Waals surface area contributed by atoms with Gasteiger partial charge < -0.3 is 9.32 Å². The minimum atomic E-state index is -0.669. The molecule has 0 spiro atoms. The number of oxazole rings is 1. The number of amides is 1. The maximum atomic E-state index is 14.1. The molecule has 4 rings (SSSR count). The molecule has 1 N–H and O–H groups in total. The highest BCUT2D eigenvalue weighted by Crippen LogP contribution is 2.28. The Labute approximate surface area is 153 Å². The molecule has 1 saturated carbocycles. The lowest BCUT2D eigenvalue weighted by Gasteiger charge is -2.29. The molecule has 140 valence electrons. The molecule has 1 aliphatic rings. The van der Waals surface area contributed by atoms with Gasteiger partial charge in [0.1, 0.15) is 11.6 Å². The molecule has 2 aromatic carbocycles. The van der Waals surface area contributed by atoms with Crippen LogP contribution >= 0.6 is 0 Å². The van der Waals surface area contributed by atoms with Gasteiger partial charge in [-0.3, -0.25) is 9.78 Å². The molecule has 1 aromatic heterocycles. The van der Waals surface area contributed by atoms with E-state index in [-0.39, 0.29) is 29.6 Å².